The first-order chi connectivity index (χ1) is 12.2. The lowest BCUT2D eigenvalue weighted by Crippen LogP contribution is -2.46. The highest BCUT2D eigenvalue weighted by Crippen LogP contribution is 2.23. The van der Waals surface area contributed by atoms with Crippen molar-refractivity contribution in [1.82, 2.24) is 19.9 Å². The molecular formula is C18H17FN6. The fourth-order valence-electron chi connectivity index (χ4n) is 3.20. The van der Waals surface area contributed by atoms with Crippen LogP contribution in [0.1, 0.15) is 11.1 Å². The van der Waals surface area contributed by atoms with Crippen molar-refractivity contribution in [3.63, 3.8) is 0 Å². The number of aromatic nitrogens is 3. The van der Waals surface area contributed by atoms with Gasteiger partial charge in [0.05, 0.1) is 17.1 Å². The summed E-state index contributed by atoms with van der Waals surface area (Å²) in [7, 11) is 0. The second-order valence-corrected chi connectivity index (χ2v) is 6.12. The van der Waals surface area contributed by atoms with Crippen molar-refractivity contribution >= 4 is 16.9 Å². The van der Waals surface area contributed by atoms with Crippen molar-refractivity contribution in [2.24, 2.45) is 0 Å². The van der Waals surface area contributed by atoms with E-state index in [4.69, 9.17) is 5.26 Å². The molecular weight excluding hydrogens is 319 g/mol. The summed E-state index contributed by atoms with van der Waals surface area (Å²) in [5.41, 5.74) is 2.84. The van der Waals surface area contributed by atoms with Gasteiger partial charge in [-0.1, -0.05) is 6.07 Å². The maximum Gasteiger partial charge on any atom is 0.156 e. The van der Waals surface area contributed by atoms with Crippen LogP contribution in [0.3, 0.4) is 0 Å². The van der Waals surface area contributed by atoms with E-state index in [1.165, 1.54) is 6.07 Å². The van der Waals surface area contributed by atoms with Gasteiger partial charge in [-0.3, -0.25) is 4.90 Å². The molecule has 0 aliphatic carbocycles. The number of halogens is 1. The minimum atomic E-state index is -0.314. The third-order valence-corrected chi connectivity index (χ3v) is 4.57. The average Bonchev–Trinajstić information content (AvgIpc) is 3.13. The van der Waals surface area contributed by atoms with Crippen LogP contribution in [-0.4, -0.2) is 46.0 Å². The summed E-state index contributed by atoms with van der Waals surface area (Å²) in [6, 6.07) is 8.56. The van der Waals surface area contributed by atoms with Crippen molar-refractivity contribution in [1.29, 1.82) is 5.26 Å². The first-order valence-electron chi connectivity index (χ1n) is 8.18. The van der Waals surface area contributed by atoms with Gasteiger partial charge in [-0.05, 0) is 18.2 Å². The fraction of sp³-hybridized carbons (Fsp3) is 0.278. The Morgan fingerprint density at radius 2 is 2.00 bits per heavy atom. The number of piperazine rings is 1. The zero-order chi connectivity index (χ0) is 17.2. The van der Waals surface area contributed by atoms with E-state index >= 15 is 0 Å². The van der Waals surface area contributed by atoms with Crippen molar-refractivity contribution < 1.29 is 4.39 Å². The Labute approximate surface area is 144 Å². The SMILES string of the molecule is N#Cc1ccc(CN2CCN(c3ncnc4cc[nH]c34)CC2)c(F)c1. The molecule has 0 unspecified atom stereocenters. The van der Waals surface area contributed by atoms with E-state index in [9.17, 15) is 4.39 Å². The number of benzene rings is 1. The molecule has 1 aliphatic heterocycles. The lowest BCUT2D eigenvalue weighted by molar-refractivity contribution is 0.246. The first kappa shape index (κ1) is 15.5. The van der Waals surface area contributed by atoms with E-state index in [-0.39, 0.29) is 5.82 Å². The van der Waals surface area contributed by atoms with Crippen molar-refractivity contribution in [2.75, 3.05) is 31.1 Å². The second kappa shape index (κ2) is 6.49. The molecule has 25 heavy (non-hydrogen) atoms. The Bertz CT molecular complexity index is 936. The number of fused-ring (bicyclic) bond motifs is 1. The van der Waals surface area contributed by atoms with Gasteiger partial charge in [-0.15, -0.1) is 0 Å². The van der Waals surface area contributed by atoms with E-state index in [2.05, 4.69) is 24.8 Å². The molecule has 3 aromatic rings. The second-order valence-electron chi connectivity index (χ2n) is 6.12. The van der Waals surface area contributed by atoms with Crippen LogP contribution in [0, 0.1) is 17.1 Å². The molecule has 126 valence electrons. The molecule has 4 rings (SSSR count). The molecule has 0 spiro atoms. The predicted molar refractivity (Wildman–Crippen MR) is 92.5 cm³/mol. The Morgan fingerprint density at radius 3 is 2.76 bits per heavy atom. The molecule has 6 nitrogen and oxygen atoms in total. The molecule has 7 heteroatoms. The Balaban J connectivity index is 1.43. The molecule has 1 aliphatic rings. The van der Waals surface area contributed by atoms with Crippen LogP contribution >= 0.6 is 0 Å². The third-order valence-electron chi connectivity index (χ3n) is 4.57. The van der Waals surface area contributed by atoms with Crippen LogP contribution in [0.5, 0.6) is 0 Å². The average molecular weight is 336 g/mol. The van der Waals surface area contributed by atoms with Gasteiger partial charge >= 0.3 is 0 Å². The van der Waals surface area contributed by atoms with Gasteiger partial charge in [0, 0.05) is 44.5 Å². The van der Waals surface area contributed by atoms with Gasteiger partial charge in [-0.2, -0.15) is 5.26 Å². The topological polar surface area (TPSA) is 71.8 Å². The van der Waals surface area contributed by atoms with E-state index in [1.807, 2.05) is 18.3 Å². The lowest BCUT2D eigenvalue weighted by atomic mass is 10.1. The molecule has 0 atom stereocenters. The van der Waals surface area contributed by atoms with Gasteiger partial charge in [0.2, 0.25) is 0 Å². The lowest BCUT2D eigenvalue weighted by Gasteiger charge is -2.35. The monoisotopic (exact) mass is 336 g/mol. The number of hydrogen-bond acceptors (Lipinski definition) is 5. The van der Waals surface area contributed by atoms with Crippen LogP contribution in [0.4, 0.5) is 10.2 Å². The quantitative estimate of drug-likeness (QED) is 0.794. The number of H-pyrrole nitrogens is 1. The summed E-state index contributed by atoms with van der Waals surface area (Å²) in [6.07, 6.45) is 3.46. The summed E-state index contributed by atoms with van der Waals surface area (Å²) in [6.45, 7) is 3.84. The number of anilines is 1. The highest BCUT2D eigenvalue weighted by atomic mass is 19.1. The van der Waals surface area contributed by atoms with E-state index in [0.29, 0.717) is 17.7 Å². The smallest absolute Gasteiger partial charge is 0.156 e. The van der Waals surface area contributed by atoms with Crippen LogP contribution in [-0.2, 0) is 6.54 Å². The fourth-order valence-corrected chi connectivity index (χ4v) is 3.20. The van der Waals surface area contributed by atoms with Gasteiger partial charge < -0.3 is 9.88 Å². The molecule has 3 heterocycles. The number of aromatic amines is 1. The van der Waals surface area contributed by atoms with Gasteiger partial charge in [-0.25, -0.2) is 14.4 Å². The third kappa shape index (κ3) is 3.04. The van der Waals surface area contributed by atoms with Crippen molar-refractivity contribution in [3.05, 3.63) is 53.7 Å². The van der Waals surface area contributed by atoms with E-state index < -0.39 is 0 Å². The number of nitriles is 1. The minimum absolute atomic E-state index is 0.314. The van der Waals surface area contributed by atoms with Gasteiger partial charge in [0.1, 0.15) is 17.7 Å². The Kier molecular flexibility index (Phi) is 4.04. The zero-order valence-electron chi connectivity index (χ0n) is 13.6. The highest BCUT2D eigenvalue weighted by Gasteiger charge is 2.21. The maximum atomic E-state index is 14.1. The Morgan fingerprint density at radius 1 is 1.16 bits per heavy atom. The van der Waals surface area contributed by atoms with E-state index in [1.54, 1.807) is 18.5 Å². The molecule has 1 fully saturated rings. The molecule has 1 aromatic carbocycles. The Hall–Kier alpha value is -2.98. The normalized spacial score (nSPS) is 15.4. The maximum absolute atomic E-state index is 14.1. The number of hydrogen-bond donors (Lipinski definition) is 1. The zero-order valence-corrected chi connectivity index (χ0v) is 13.6. The summed E-state index contributed by atoms with van der Waals surface area (Å²) >= 11 is 0. The van der Waals surface area contributed by atoms with Gasteiger partial charge in [0.15, 0.2) is 5.82 Å². The van der Waals surface area contributed by atoms with Gasteiger partial charge in [0.25, 0.3) is 0 Å². The van der Waals surface area contributed by atoms with Crippen molar-refractivity contribution in [2.45, 2.75) is 6.54 Å². The van der Waals surface area contributed by atoms with Crippen molar-refractivity contribution in [3.8, 4) is 6.07 Å². The number of nitrogens with zero attached hydrogens (tertiary/aromatic N) is 5. The number of nitrogens with one attached hydrogen (secondary N) is 1. The van der Waals surface area contributed by atoms with Crippen LogP contribution in [0.15, 0.2) is 36.8 Å². The van der Waals surface area contributed by atoms with Crippen LogP contribution in [0.2, 0.25) is 0 Å². The molecule has 0 radical (unpaired) electrons. The molecule has 1 saturated heterocycles. The first-order valence-corrected chi connectivity index (χ1v) is 8.18. The molecule has 2 aromatic heterocycles. The minimum Gasteiger partial charge on any atom is -0.357 e. The largest absolute Gasteiger partial charge is 0.357 e. The van der Waals surface area contributed by atoms with Crippen LogP contribution < -0.4 is 4.90 Å². The van der Waals surface area contributed by atoms with Crippen LogP contribution in [0.25, 0.3) is 11.0 Å². The van der Waals surface area contributed by atoms with E-state index in [0.717, 1.165) is 43.0 Å². The standard InChI is InChI=1S/C18H17FN6/c19-15-9-13(10-20)1-2-14(15)11-24-5-7-25(8-6-24)18-17-16(3-4-21-17)22-12-23-18/h1-4,9,12,21H,5-8,11H2. The molecule has 0 amide bonds. The summed E-state index contributed by atoms with van der Waals surface area (Å²) in [5, 5.41) is 8.83. The molecule has 0 saturated carbocycles. The number of rotatable bonds is 3. The summed E-state index contributed by atoms with van der Waals surface area (Å²) in [5.74, 6) is 0.601. The molecule has 0 bridgehead atoms. The highest BCUT2D eigenvalue weighted by molar-refractivity contribution is 5.85. The predicted octanol–water partition coefficient (Wildman–Crippen LogP) is 2.29. The summed E-state index contributed by atoms with van der Waals surface area (Å²) in [4.78, 5) is 16.3. The summed E-state index contributed by atoms with van der Waals surface area (Å²) < 4.78 is 14.1. The molecule has 1 N–H and O–H groups in total.